The molecule has 1 aromatic carbocycles. The molecule has 2 aromatic rings. The molecule has 1 aromatic heterocycles. The average Bonchev–Trinajstić information content (AvgIpc) is 2.85. The molecule has 3 nitrogen and oxygen atoms in total. The molecule has 0 aliphatic rings. The van der Waals surface area contributed by atoms with Gasteiger partial charge in [0.2, 0.25) is 0 Å². The lowest BCUT2D eigenvalue weighted by atomic mass is 10.0. The summed E-state index contributed by atoms with van der Waals surface area (Å²) in [4.78, 5) is 1.29. The van der Waals surface area contributed by atoms with Crippen LogP contribution in [0.15, 0.2) is 30.3 Å². The van der Waals surface area contributed by atoms with Crippen molar-refractivity contribution >= 4 is 11.5 Å². The highest BCUT2D eigenvalue weighted by Crippen LogP contribution is 2.24. The maximum atomic E-state index is 4.11. The van der Waals surface area contributed by atoms with E-state index in [4.69, 9.17) is 0 Å². The highest BCUT2D eigenvalue weighted by molar-refractivity contribution is 7.05. The minimum atomic E-state index is 0.397. The van der Waals surface area contributed by atoms with Gasteiger partial charge in [0.15, 0.2) is 0 Å². The number of aromatic nitrogens is 2. The van der Waals surface area contributed by atoms with Crippen LogP contribution in [-0.4, -0.2) is 16.1 Å². The molecule has 0 radical (unpaired) electrons. The molecule has 0 spiro atoms. The van der Waals surface area contributed by atoms with Crippen LogP contribution in [0.1, 0.15) is 41.9 Å². The van der Waals surface area contributed by atoms with E-state index in [9.17, 15) is 0 Å². The molecule has 1 unspecified atom stereocenters. The highest BCUT2D eigenvalue weighted by Gasteiger charge is 2.15. The maximum absolute atomic E-state index is 4.11. The van der Waals surface area contributed by atoms with Gasteiger partial charge in [0.1, 0.15) is 0 Å². The number of nitrogens with one attached hydrogen (secondary N) is 1. The summed E-state index contributed by atoms with van der Waals surface area (Å²) >= 11 is 1.52. The summed E-state index contributed by atoms with van der Waals surface area (Å²) in [5.74, 6) is 0. The van der Waals surface area contributed by atoms with Crippen LogP contribution in [0.3, 0.4) is 0 Å². The van der Waals surface area contributed by atoms with Gasteiger partial charge in [-0.3, -0.25) is 0 Å². The van der Waals surface area contributed by atoms with Crippen LogP contribution in [-0.2, 0) is 6.42 Å². The van der Waals surface area contributed by atoms with Crippen LogP contribution in [0.4, 0.5) is 0 Å². The largest absolute Gasteiger partial charge is 0.309 e. The van der Waals surface area contributed by atoms with Gasteiger partial charge >= 0.3 is 0 Å². The summed E-state index contributed by atoms with van der Waals surface area (Å²) in [7, 11) is 0. The van der Waals surface area contributed by atoms with Gasteiger partial charge in [-0.25, -0.2) is 0 Å². The van der Waals surface area contributed by atoms with E-state index in [2.05, 4.69) is 52.2 Å². The minimum absolute atomic E-state index is 0.397. The first-order valence-electron chi connectivity index (χ1n) is 6.87. The fourth-order valence-corrected chi connectivity index (χ4v) is 3.04. The third kappa shape index (κ3) is 4.11. The van der Waals surface area contributed by atoms with Crippen LogP contribution in [0, 0.1) is 6.92 Å². The van der Waals surface area contributed by atoms with Crippen molar-refractivity contribution in [2.45, 2.75) is 39.2 Å². The van der Waals surface area contributed by atoms with E-state index in [1.807, 2.05) is 6.92 Å². The predicted octanol–water partition coefficient (Wildman–Crippen LogP) is 3.52. The first-order valence-corrected chi connectivity index (χ1v) is 7.64. The Labute approximate surface area is 119 Å². The second kappa shape index (κ2) is 7.36. The Balaban J connectivity index is 1.89. The first-order chi connectivity index (χ1) is 9.31. The van der Waals surface area contributed by atoms with E-state index in [-0.39, 0.29) is 0 Å². The second-order valence-electron chi connectivity index (χ2n) is 4.71. The number of nitrogens with zero attached hydrogens (tertiary/aromatic N) is 2. The van der Waals surface area contributed by atoms with Gasteiger partial charge in [-0.05, 0) is 49.8 Å². The fourth-order valence-electron chi connectivity index (χ4n) is 2.28. The average molecular weight is 275 g/mol. The quantitative estimate of drug-likeness (QED) is 0.840. The molecule has 102 valence electrons. The van der Waals surface area contributed by atoms with Crippen molar-refractivity contribution in [1.29, 1.82) is 0 Å². The van der Waals surface area contributed by atoms with Crippen LogP contribution in [0.2, 0.25) is 0 Å². The van der Waals surface area contributed by atoms with Crippen molar-refractivity contribution in [3.63, 3.8) is 0 Å². The van der Waals surface area contributed by atoms with E-state index in [0.29, 0.717) is 6.04 Å². The lowest BCUT2D eigenvalue weighted by Gasteiger charge is -2.16. The molecular formula is C15H21N3S. The lowest BCUT2D eigenvalue weighted by Crippen LogP contribution is -2.20. The van der Waals surface area contributed by atoms with Crippen molar-refractivity contribution < 1.29 is 0 Å². The Bertz CT molecular complexity index is 481. The van der Waals surface area contributed by atoms with Gasteiger partial charge in [-0.15, -0.1) is 5.10 Å². The molecule has 2 rings (SSSR count). The van der Waals surface area contributed by atoms with E-state index < -0.39 is 0 Å². The van der Waals surface area contributed by atoms with Crippen LogP contribution >= 0.6 is 11.5 Å². The number of benzene rings is 1. The smallest absolute Gasteiger partial charge is 0.0772 e. The Kier molecular flexibility index (Phi) is 5.48. The van der Waals surface area contributed by atoms with Gasteiger partial charge in [-0.2, -0.15) is 0 Å². The molecule has 1 heterocycles. The molecule has 1 N–H and O–H groups in total. The Morgan fingerprint density at radius 3 is 2.68 bits per heavy atom. The number of rotatable bonds is 7. The normalized spacial score (nSPS) is 12.5. The molecule has 0 saturated carbocycles. The van der Waals surface area contributed by atoms with Gasteiger partial charge in [0, 0.05) is 6.04 Å². The van der Waals surface area contributed by atoms with E-state index in [0.717, 1.165) is 25.1 Å². The standard InChI is InChI=1S/C15H21N3S/c1-3-16-14(15-12(2)17-18-19-15)11-7-10-13-8-5-4-6-9-13/h4-6,8-9,14,16H,3,7,10-11H2,1-2H3. The van der Waals surface area contributed by atoms with Crippen molar-refractivity contribution in [3.8, 4) is 0 Å². The van der Waals surface area contributed by atoms with Crippen LogP contribution < -0.4 is 5.32 Å². The topological polar surface area (TPSA) is 37.8 Å². The zero-order valence-electron chi connectivity index (χ0n) is 11.6. The molecule has 0 fully saturated rings. The van der Waals surface area contributed by atoms with Crippen LogP contribution in [0.5, 0.6) is 0 Å². The van der Waals surface area contributed by atoms with Gasteiger partial charge < -0.3 is 5.32 Å². The summed E-state index contributed by atoms with van der Waals surface area (Å²) < 4.78 is 4.04. The number of aryl methyl sites for hydroxylation is 2. The highest BCUT2D eigenvalue weighted by atomic mass is 32.1. The van der Waals surface area contributed by atoms with Gasteiger partial charge in [0.25, 0.3) is 0 Å². The molecule has 0 saturated heterocycles. The molecular weight excluding hydrogens is 254 g/mol. The molecule has 4 heteroatoms. The summed E-state index contributed by atoms with van der Waals surface area (Å²) in [6.45, 7) is 5.17. The number of hydrogen-bond acceptors (Lipinski definition) is 4. The Morgan fingerprint density at radius 1 is 1.26 bits per heavy atom. The van der Waals surface area contributed by atoms with Crippen molar-refractivity contribution in [2.24, 2.45) is 0 Å². The molecule has 0 aliphatic carbocycles. The molecule has 19 heavy (non-hydrogen) atoms. The SMILES string of the molecule is CCNC(CCCc1ccccc1)c1snnc1C. The third-order valence-corrected chi connectivity index (χ3v) is 4.19. The second-order valence-corrected chi connectivity index (χ2v) is 5.50. The lowest BCUT2D eigenvalue weighted by molar-refractivity contribution is 0.502. The summed E-state index contributed by atoms with van der Waals surface area (Å²) in [5, 5.41) is 7.66. The van der Waals surface area contributed by atoms with Crippen LogP contribution in [0.25, 0.3) is 0 Å². The number of hydrogen-bond donors (Lipinski definition) is 1. The summed E-state index contributed by atoms with van der Waals surface area (Å²) in [6.07, 6.45) is 3.44. The third-order valence-electron chi connectivity index (χ3n) is 3.25. The molecule has 0 amide bonds. The van der Waals surface area contributed by atoms with E-state index in [1.54, 1.807) is 0 Å². The fraction of sp³-hybridized carbons (Fsp3) is 0.467. The van der Waals surface area contributed by atoms with Crippen molar-refractivity contribution in [2.75, 3.05) is 6.54 Å². The van der Waals surface area contributed by atoms with Gasteiger partial charge in [0.05, 0.1) is 10.6 Å². The monoisotopic (exact) mass is 275 g/mol. The summed E-state index contributed by atoms with van der Waals surface area (Å²) in [5.41, 5.74) is 2.48. The minimum Gasteiger partial charge on any atom is -0.309 e. The van der Waals surface area contributed by atoms with Crippen molar-refractivity contribution in [3.05, 3.63) is 46.5 Å². The molecule has 0 aliphatic heterocycles. The van der Waals surface area contributed by atoms with Gasteiger partial charge in [-0.1, -0.05) is 41.7 Å². The zero-order chi connectivity index (χ0) is 13.5. The molecule has 1 atom stereocenters. The maximum Gasteiger partial charge on any atom is 0.0772 e. The Hall–Kier alpha value is -1.26. The first kappa shape index (κ1) is 14.2. The predicted molar refractivity (Wildman–Crippen MR) is 80.4 cm³/mol. The van der Waals surface area contributed by atoms with E-state index >= 15 is 0 Å². The zero-order valence-corrected chi connectivity index (χ0v) is 12.4. The van der Waals surface area contributed by atoms with Crippen molar-refractivity contribution in [1.82, 2.24) is 14.9 Å². The van der Waals surface area contributed by atoms with E-state index in [1.165, 1.54) is 28.4 Å². The molecule has 0 bridgehead atoms. The Morgan fingerprint density at radius 2 is 2.05 bits per heavy atom. The summed E-state index contributed by atoms with van der Waals surface area (Å²) in [6, 6.07) is 11.1.